The van der Waals surface area contributed by atoms with Gasteiger partial charge in [-0.25, -0.2) is 0 Å². The fourth-order valence-electron chi connectivity index (χ4n) is 3.09. The predicted molar refractivity (Wildman–Crippen MR) is 95.5 cm³/mol. The summed E-state index contributed by atoms with van der Waals surface area (Å²) in [5.74, 6) is -1.18. The van der Waals surface area contributed by atoms with E-state index in [9.17, 15) is 14.7 Å². The van der Waals surface area contributed by atoms with Gasteiger partial charge in [0.2, 0.25) is 0 Å². The third-order valence-electron chi connectivity index (χ3n) is 4.67. The lowest BCUT2D eigenvalue weighted by molar-refractivity contribution is -0.140. The Morgan fingerprint density at radius 3 is 2.62 bits per heavy atom. The summed E-state index contributed by atoms with van der Waals surface area (Å²) >= 11 is 0. The molecule has 1 fully saturated rings. The molecule has 6 heteroatoms. The Kier molecular flexibility index (Phi) is 4.95. The SMILES string of the molecule is COCCN1C(=O)C(=O)/C(=C(\O)c2ccc(C)c(C)c2)C1c1ccco1. The van der Waals surface area contributed by atoms with Crippen molar-refractivity contribution in [1.82, 2.24) is 4.90 Å². The highest BCUT2D eigenvalue weighted by Gasteiger charge is 2.47. The first-order chi connectivity index (χ1) is 12.5. The Morgan fingerprint density at radius 2 is 2.00 bits per heavy atom. The number of furan rings is 1. The maximum absolute atomic E-state index is 12.7. The van der Waals surface area contributed by atoms with Crippen LogP contribution in [-0.4, -0.2) is 42.0 Å². The number of aliphatic hydroxyl groups excluding tert-OH is 1. The van der Waals surface area contributed by atoms with Crippen LogP contribution in [-0.2, 0) is 14.3 Å². The molecular formula is C20H21NO5. The van der Waals surface area contributed by atoms with Crippen molar-refractivity contribution in [2.75, 3.05) is 20.3 Å². The van der Waals surface area contributed by atoms with Crippen LogP contribution in [0.15, 0.2) is 46.6 Å². The van der Waals surface area contributed by atoms with E-state index in [4.69, 9.17) is 9.15 Å². The molecule has 1 aromatic carbocycles. The van der Waals surface area contributed by atoms with Crippen LogP contribution in [0.2, 0.25) is 0 Å². The summed E-state index contributed by atoms with van der Waals surface area (Å²) in [6.45, 7) is 4.38. The van der Waals surface area contributed by atoms with Crippen molar-refractivity contribution in [2.24, 2.45) is 0 Å². The second-order valence-electron chi connectivity index (χ2n) is 6.30. The fraction of sp³-hybridized carbons (Fsp3) is 0.300. The first-order valence-electron chi connectivity index (χ1n) is 8.34. The van der Waals surface area contributed by atoms with Crippen LogP contribution in [0.5, 0.6) is 0 Å². The highest BCUT2D eigenvalue weighted by Crippen LogP contribution is 2.39. The minimum atomic E-state index is -0.776. The van der Waals surface area contributed by atoms with E-state index in [1.165, 1.54) is 18.3 Å². The molecule has 0 spiro atoms. The summed E-state index contributed by atoms with van der Waals surface area (Å²) in [6, 6.07) is 7.99. The van der Waals surface area contributed by atoms with Gasteiger partial charge < -0.3 is 19.2 Å². The van der Waals surface area contributed by atoms with Gasteiger partial charge >= 0.3 is 0 Å². The molecule has 0 saturated carbocycles. The van der Waals surface area contributed by atoms with E-state index in [-0.39, 0.29) is 24.5 Å². The zero-order valence-corrected chi connectivity index (χ0v) is 15.0. The number of amides is 1. The topological polar surface area (TPSA) is 80.0 Å². The minimum absolute atomic E-state index is 0.0318. The van der Waals surface area contributed by atoms with Gasteiger partial charge in [-0.1, -0.05) is 12.1 Å². The molecular weight excluding hydrogens is 334 g/mol. The predicted octanol–water partition coefficient (Wildman–Crippen LogP) is 2.96. The number of Topliss-reactive ketones (excluding diaryl/α,β-unsaturated/α-hetero) is 1. The molecule has 1 aliphatic rings. The second-order valence-corrected chi connectivity index (χ2v) is 6.30. The second kappa shape index (κ2) is 7.17. The molecule has 1 amide bonds. The van der Waals surface area contributed by atoms with Gasteiger partial charge in [-0.15, -0.1) is 0 Å². The molecule has 1 unspecified atom stereocenters. The number of rotatable bonds is 5. The van der Waals surface area contributed by atoms with Gasteiger partial charge in [0.05, 0.1) is 18.4 Å². The van der Waals surface area contributed by atoms with Crippen LogP contribution in [0.3, 0.4) is 0 Å². The summed E-state index contributed by atoms with van der Waals surface area (Å²) in [5.41, 5.74) is 2.58. The first kappa shape index (κ1) is 17.9. The fourth-order valence-corrected chi connectivity index (χ4v) is 3.09. The summed E-state index contributed by atoms with van der Waals surface area (Å²) in [4.78, 5) is 26.5. The van der Waals surface area contributed by atoms with Crippen molar-refractivity contribution in [2.45, 2.75) is 19.9 Å². The van der Waals surface area contributed by atoms with Gasteiger partial charge in [-0.3, -0.25) is 9.59 Å². The molecule has 0 aliphatic carbocycles. The number of aliphatic hydroxyl groups is 1. The number of carbonyl (C=O) groups excluding carboxylic acids is 2. The van der Waals surface area contributed by atoms with Crippen molar-refractivity contribution in [1.29, 1.82) is 0 Å². The van der Waals surface area contributed by atoms with Crippen LogP contribution in [0.1, 0.15) is 28.5 Å². The quantitative estimate of drug-likeness (QED) is 0.507. The van der Waals surface area contributed by atoms with Crippen LogP contribution < -0.4 is 0 Å². The van der Waals surface area contributed by atoms with Crippen molar-refractivity contribution in [3.05, 3.63) is 64.6 Å². The third-order valence-corrected chi connectivity index (χ3v) is 4.67. The number of carbonyl (C=O) groups is 2. The average molecular weight is 355 g/mol. The molecule has 0 radical (unpaired) electrons. The summed E-state index contributed by atoms with van der Waals surface area (Å²) in [7, 11) is 1.52. The molecule has 1 N–H and O–H groups in total. The highest BCUT2D eigenvalue weighted by molar-refractivity contribution is 6.46. The van der Waals surface area contributed by atoms with Crippen molar-refractivity contribution in [3.8, 4) is 0 Å². The molecule has 0 bridgehead atoms. The number of hydrogen-bond donors (Lipinski definition) is 1. The lowest BCUT2D eigenvalue weighted by Gasteiger charge is -2.22. The van der Waals surface area contributed by atoms with Crippen LogP contribution in [0, 0.1) is 13.8 Å². The number of ketones is 1. The summed E-state index contributed by atoms with van der Waals surface area (Å²) < 4.78 is 10.5. The number of nitrogens with zero attached hydrogens (tertiary/aromatic N) is 1. The molecule has 6 nitrogen and oxygen atoms in total. The summed E-state index contributed by atoms with van der Waals surface area (Å²) in [5, 5.41) is 10.8. The lowest BCUT2D eigenvalue weighted by Crippen LogP contribution is -2.32. The number of ether oxygens (including phenoxy) is 1. The van der Waals surface area contributed by atoms with Gasteiger partial charge in [0, 0.05) is 19.2 Å². The van der Waals surface area contributed by atoms with Crippen molar-refractivity contribution < 1.29 is 23.8 Å². The number of methoxy groups -OCH3 is 1. The number of likely N-dealkylation sites (tertiary alicyclic amines) is 1. The number of benzene rings is 1. The Morgan fingerprint density at radius 1 is 1.23 bits per heavy atom. The standard InChI is InChI=1S/C20H21NO5/c1-12-6-7-14(11-13(12)2)18(22)16-17(15-5-4-9-26-15)21(8-10-25-3)20(24)19(16)23/h4-7,9,11,17,22H,8,10H2,1-3H3/b18-16-. The van der Waals surface area contributed by atoms with Gasteiger partial charge in [-0.2, -0.15) is 0 Å². The highest BCUT2D eigenvalue weighted by atomic mass is 16.5. The Labute approximate surface area is 151 Å². The molecule has 2 heterocycles. The average Bonchev–Trinajstić information content (AvgIpc) is 3.23. The van der Waals surface area contributed by atoms with Gasteiger partial charge in [-0.05, 0) is 43.2 Å². The largest absolute Gasteiger partial charge is 0.507 e. The molecule has 26 heavy (non-hydrogen) atoms. The molecule has 1 aliphatic heterocycles. The van der Waals surface area contributed by atoms with Crippen molar-refractivity contribution in [3.63, 3.8) is 0 Å². The van der Waals surface area contributed by atoms with E-state index in [1.54, 1.807) is 24.3 Å². The zero-order chi connectivity index (χ0) is 18.8. The van der Waals surface area contributed by atoms with Gasteiger partial charge in [0.1, 0.15) is 17.6 Å². The van der Waals surface area contributed by atoms with E-state index in [0.717, 1.165) is 11.1 Å². The molecule has 136 valence electrons. The maximum atomic E-state index is 12.7. The monoisotopic (exact) mass is 355 g/mol. The Bertz CT molecular complexity index is 866. The maximum Gasteiger partial charge on any atom is 0.295 e. The van der Waals surface area contributed by atoms with Crippen LogP contribution in [0.4, 0.5) is 0 Å². The summed E-state index contributed by atoms with van der Waals surface area (Å²) in [6.07, 6.45) is 1.47. The van der Waals surface area contributed by atoms with E-state index in [0.29, 0.717) is 11.3 Å². The van der Waals surface area contributed by atoms with E-state index >= 15 is 0 Å². The van der Waals surface area contributed by atoms with E-state index < -0.39 is 17.7 Å². The number of aryl methyl sites for hydroxylation is 2. The first-order valence-corrected chi connectivity index (χ1v) is 8.34. The van der Waals surface area contributed by atoms with E-state index in [1.807, 2.05) is 19.9 Å². The smallest absolute Gasteiger partial charge is 0.295 e. The zero-order valence-electron chi connectivity index (χ0n) is 15.0. The third kappa shape index (κ3) is 3.04. The van der Waals surface area contributed by atoms with E-state index in [2.05, 4.69) is 0 Å². The Hall–Kier alpha value is -2.86. The van der Waals surface area contributed by atoms with Crippen LogP contribution in [0.25, 0.3) is 5.76 Å². The van der Waals surface area contributed by atoms with Gasteiger partial charge in [0.15, 0.2) is 0 Å². The molecule has 2 aromatic rings. The van der Waals surface area contributed by atoms with Crippen molar-refractivity contribution >= 4 is 17.4 Å². The minimum Gasteiger partial charge on any atom is -0.507 e. The van der Waals surface area contributed by atoms with Gasteiger partial charge in [0.25, 0.3) is 11.7 Å². The molecule has 1 atom stereocenters. The number of hydrogen-bond acceptors (Lipinski definition) is 5. The molecule has 1 aromatic heterocycles. The molecule has 3 rings (SSSR count). The van der Waals surface area contributed by atoms with Crippen LogP contribution >= 0.6 is 0 Å². The lowest BCUT2D eigenvalue weighted by atomic mass is 9.97. The normalized spacial score (nSPS) is 19.3. The Balaban J connectivity index is 2.14. The molecule has 1 saturated heterocycles.